The Balaban J connectivity index is 2.32. The van der Waals surface area contributed by atoms with E-state index in [2.05, 4.69) is 0 Å². The summed E-state index contributed by atoms with van der Waals surface area (Å²) in [7, 11) is 1.39. The fourth-order valence-electron chi connectivity index (χ4n) is 2.05. The molecule has 1 fully saturated rings. The summed E-state index contributed by atoms with van der Waals surface area (Å²) in [5.41, 5.74) is 0. The molecule has 4 atom stereocenters. The molecule has 8 nitrogen and oxygen atoms in total. The molecule has 0 aliphatic carbocycles. The summed E-state index contributed by atoms with van der Waals surface area (Å²) in [5, 5.41) is 10.1. The fourth-order valence-corrected chi connectivity index (χ4v) is 2.45. The van der Waals surface area contributed by atoms with E-state index in [0.717, 1.165) is 12.4 Å². The summed E-state index contributed by atoms with van der Waals surface area (Å²) in [6.07, 6.45) is -1.13. The van der Waals surface area contributed by atoms with Crippen LogP contribution < -0.4 is 0 Å². The Bertz CT molecular complexity index is 403. The second kappa shape index (κ2) is 9.15. The molecule has 0 bridgehead atoms. The van der Waals surface area contributed by atoms with Crippen molar-refractivity contribution >= 4 is 15.4 Å². The number of hydrogen-bond acceptors (Lipinski definition) is 6. The van der Waals surface area contributed by atoms with Crippen molar-refractivity contribution in [1.29, 1.82) is 0 Å². The summed E-state index contributed by atoms with van der Waals surface area (Å²) in [5.74, 6) is 0.736. The molecular formula is C12H25BNO7P. The summed E-state index contributed by atoms with van der Waals surface area (Å²) in [4.78, 5) is 19.6. The number of likely N-dealkylation sites (N-methyl/N-ethyl adjacent to an activating group) is 1. The number of rotatable bonds is 9. The van der Waals surface area contributed by atoms with Gasteiger partial charge in [-0.05, 0) is 20.2 Å². The van der Waals surface area contributed by atoms with Gasteiger partial charge in [0.05, 0.1) is 25.8 Å². The standard InChI is InChI=1S/C12H25BNO7P/c1-14(2)4-5-19-6-7-20-11-10(15)9(21-12(11)13)3-8-22(16,17)18/h3,8-12,15H,4-7,13H2,1-2H3,(H2,16,17,18)/b8-3+. The zero-order chi connectivity index (χ0) is 16.8. The molecule has 1 heterocycles. The van der Waals surface area contributed by atoms with Crippen LogP contribution in [0.15, 0.2) is 11.9 Å². The topological polar surface area (TPSA) is 109 Å². The van der Waals surface area contributed by atoms with E-state index in [1.54, 1.807) is 7.85 Å². The van der Waals surface area contributed by atoms with Crippen LogP contribution in [-0.2, 0) is 18.8 Å². The van der Waals surface area contributed by atoms with Gasteiger partial charge in [0, 0.05) is 12.4 Å². The largest absolute Gasteiger partial charge is 0.387 e. The molecule has 0 aromatic rings. The smallest absolute Gasteiger partial charge is 0.348 e. The maximum Gasteiger partial charge on any atom is 0.348 e. The first-order valence-corrected chi connectivity index (χ1v) is 8.81. The second-order valence-corrected chi connectivity index (χ2v) is 6.95. The first-order chi connectivity index (χ1) is 10.2. The maximum absolute atomic E-state index is 10.8. The molecule has 0 amide bonds. The minimum atomic E-state index is -4.26. The molecule has 22 heavy (non-hydrogen) atoms. The number of ether oxygens (including phenoxy) is 3. The zero-order valence-corrected chi connectivity index (χ0v) is 14.1. The van der Waals surface area contributed by atoms with Crippen LogP contribution in [0.1, 0.15) is 0 Å². The van der Waals surface area contributed by atoms with Crippen molar-refractivity contribution in [3.63, 3.8) is 0 Å². The van der Waals surface area contributed by atoms with E-state index in [1.165, 1.54) is 6.08 Å². The van der Waals surface area contributed by atoms with E-state index < -0.39 is 25.9 Å². The average molecular weight is 337 g/mol. The van der Waals surface area contributed by atoms with Crippen molar-refractivity contribution in [2.45, 2.75) is 24.3 Å². The van der Waals surface area contributed by atoms with Gasteiger partial charge in [-0.3, -0.25) is 4.57 Å². The van der Waals surface area contributed by atoms with Gasteiger partial charge in [-0.25, -0.2) is 0 Å². The number of aliphatic hydroxyl groups excluding tert-OH is 1. The highest BCUT2D eigenvalue weighted by Gasteiger charge is 2.40. The lowest BCUT2D eigenvalue weighted by Crippen LogP contribution is -2.36. The van der Waals surface area contributed by atoms with Crippen LogP contribution in [0, 0.1) is 0 Å². The van der Waals surface area contributed by atoms with E-state index >= 15 is 0 Å². The third kappa shape index (κ3) is 7.35. The first-order valence-electron chi connectivity index (χ1n) is 7.13. The predicted molar refractivity (Wildman–Crippen MR) is 83.5 cm³/mol. The number of hydrogen-bond donors (Lipinski definition) is 3. The van der Waals surface area contributed by atoms with Gasteiger partial charge < -0.3 is 34.0 Å². The van der Waals surface area contributed by atoms with Crippen molar-refractivity contribution in [3.8, 4) is 0 Å². The van der Waals surface area contributed by atoms with Crippen LogP contribution in [0.2, 0.25) is 0 Å². The molecule has 0 aromatic heterocycles. The molecule has 1 rings (SSSR count). The van der Waals surface area contributed by atoms with Gasteiger partial charge >= 0.3 is 7.60 Å². The SMILES string of the molecule is BC1OC(/C=C/P(=O)(O)O)C(O)C1OCCOCCN(C)C. The highest BCUT2D eigenvalue weighted by Crippen LogP contribution is 2.37. The van der Waals surface area contributed by atoms with Crippen LogP contribution in [0.5, 0.6) is 0 Å². The normalized spacial score (nSPS) is 29.7. The van der Waals surface area contributed by atoms with Crippen molar-refractivity contribution in [2.75, 3.05) is 40.5 Å². The molecular weight excluding hydrogens is 312 g/mol. The van der Waals surface area contributed by atoms with E-state index in [0.29, 0.717) is 19.8 Å². The van der Waals surface area contributed by atoms with Gasteiger partial charge in [0.15, 0.2) is 0 Å². The highest BCUT2D eigenvalue weighted by molar-refractivity contribution is 7.55. The van der Waals surface area contributed by atoms with Gasteiger partial charge in [-0.2, -0.15) is 0 Å². The predicted octanol–water partition coefficient (Wildman–Crippen LogP) is -1.64. The molecule has 0 aromatic carbocycles. The molecule has 1 aliphatic heterocycles. The van der Waals surface area contributed by atoms with Gasteiger partial charge in [0.2, 0.25) is 0 Å². The van der Waals surface area contributed by atoms with Crippen LogP contribution in [-0.4, -0.2) is 92.4 Å². The molecule has 0 radical (unpaired) electrons. The Morgan fingerprint density at radius 1 is 1.32 bits per heavy atom. The van der Waals surface area contributed by atoms with Gasteiger partial charge in [0.1, 0.15) is 26.2 Å². The third-order valence-electron chi connectivity index (χ3n) is 3.20. The lowest BCUT2D eigenvalue weighted by molar-refractivity contribution is -0.0431. The Morgan fingerprint density at radius 3 is 2.59 bits per heavy atom. The summed E-state index contributed by atoms with van der Waals surface area (Å²) < 4.78 is 27.2. The molecule has 3 N–H and O–H groups in total. The maximum atomic E-state index is 10.8. The van der Waals surface area contributed by atoms with E-state index in [1.807, 2.05) is 19.0 Å². The number of aliphatic hydroxyl groups is 1. The minimum Gasteiger partial charge on any atom is -0.387 e. The quantitative estimate of drug-likeness (QED) is 0.261. The Kier molecular flexibility index (Phi) is 8.23. The van der Waals surface area contributed by atoms with Crippen LogP contribution >= 0.6 is 7.60 Å². The monoisotopic (exact) mass is 337 g/mol. The van der Waals surface area contributed by atoms with E-state index in [-0.39, 0.29) is 6.00 Å². The molecule has 0 spiro atoms. The van der Waals surface area contributed by atoms with Crippen molar-refractivity contribution < 1.29 is 33.7 Å². The zero-order valence-electron chi connectivity index (χ0n) is 13.2. The Labute approximate surface area is 131 Å². The summed E-state index contributed by atoms with van der Waals surface area (Å²) in [6.45, 7) is 2.15. The van der Waals surface area contributed by atoms with Crippen LogP contribution in [0.3, 0.4) is 0 Å². The lowest BCUT2D eigenvalue weighted by Gasteiger charge is -2.18. The third-order valence-corrected chi connectivity index (χ3v) is 3.76. The van der Waals surface area contributed by atoms with Crippen LogP contribution in [0.25, 0.3) is 0 Å². The summed E-state index contributed by atoms with van der Waals surface area (Å²) in [6, 6.07) is -0.372. The molecule has 128 valence electrons. The molecule has 1 saturated heterocycles. The van der Waals surface area contributed by atoms with Crippen molar-refractivity contribution in [3.05, 3.63) is 11.9 Å². The first kappa shape index (κ1) is 19.8. The van der Waals surface area contributed by atoms with E-state index in [4.69, 9.17) is 24.0 Å². The van der Waals surface area contributed by atoms with Crippen molar-refractivity contribution in [1.82, 2.24) is 4.90 Å². The Morgan fingerprint density at radius 2 is 2.00 bits per heavy atom. The molecule has 0 saturated carbocycles. The van der Waals surface area contributed by atoms with Crippen LogP contribution in [0.4, 0.5) is 0 Å². The highest BCUT2D eigenvalue weighted by atomic mass is 31.2. The van der Waals surface area contributed by atoms with Gasteiger partial charge in [-0.15, -0.1) is 0 Å². The molecule has 1 aliphatic rings. The van der Waals surface area contributed by atoms with E-state index in [9.17, 15) is 9.67 Å². The molecule has 10 heteroatoms. The molecule has 4 unspecified atom stereocenters. The lowest BCUT2D eigenvalue weighted by atomic mass is 9.93. The fraction of sp³-hybridized carbons (Fsp3) is 0.833. The Hall–Kier alpha value is -0.245. The summed E-state index contributed by atoms with van der Waals surface area (Å²) >= 11 is 0. The average Bonchev–Trinajstić information content (AvgIpc) is 2.66. The second-order valence-electron chi connectivity index (χ2n) is 5.48. The van der Waals surface area contributed by atoms with Gasteiger partial charge in [-0.1, -0.05) is 0 Å². The van der Waals surface area contributed by atoms with Crippen molar-refractivity contribution in [2.24, 2.45) is 0 Å². The van der Waals surface area contributed by atoms with Gasteiger partial charge in [0.25, 0.3) is 0 Å². The number of nitrogens with zero attached hydrogens (tertiary/aromatic N) is 1. The minimum absolute atomic E-state index is 0.317.